The van der Waals surface area contributed by atoms with Gasteiger partial charge in [0.15, 0.2) is 0 Å². The molecule has 0 aliphatic carbocycles. The van der Waals surface area contributed by atoms with E-state index in [1.165, 1.54) is 148 Å². The third kappa shape index (κ3) is 18.0. The van der Waals surface area contributed by atoms with Gasteiger partial charge in [0.05, 0.1) is 39.8 Å². The van der Waals surface area contributed by atoms with Gasteiger partial charge in [-0.2, -0.15) is 0 Å². The molecule has 6 nitrogen and oxygen atoms in total. The maximum atomic E-state index is 2.40. The van der Waals surface area contributed by atoms with Gasteiger partial charge in [0.25, 0.3) is 0 Å². The summed E-state index contributed by atoms with van der Waals surface area (Å²) < 4.78 is 0. The van der Waals surface area contributed by atoms with Crippen LogP contribution in [0.3, 0.4) is 0 Å². The highest BCUT2D eigenvalue weighted by Crippen LogP contribution is 2.49. The monoisotopic (exact) mass is 1830 g/mol. The second-order valence-electron chi connectivity index (χ2n) is 36.5. The summed E-state index contributed by atoms with van der Waals surface area (Å²) in [7, 11) is 6.42. The van der Waals surface area contributed by atoms with Crippen LogP contribution in [0.15, 0.2) is 564 Å². The van der Waals surface area contributed by atoms with Crippen LogP contribution in [0.4, 0.5) is 85.3 Å². The maximum Gasteiger partial charge on any atom is 0.0567 e. The van der Waals surface area contributed by atoms with Crippen LogP contribution < -0.4 is 29.4 Å². The van der Waals surface area contributed by atoms with Crippen molar-refractivity contribution in [3.05, 3.63) is 564 Å². The van der Waals surface area contributed by atoms with Crippen molar-refractivity contribution in [2.75, 3.05) is 50.5 Å². The first-order chi connectivity index (χ1) is 70.7. The van der Waals surface area contributed by atoms with Crippen LogP contribution in [0.25, 0.3) is 142 Å². The summed E-state index contributed by atoms with van der Waals surface area (Å²) in [5.74, 6) is 0. The Morgan fingerprint density at radius 3 is 0.559 bits per heavy atom. The lowest BCUT2D eigenvalue weighted by Crippen LogP contribution is -2.11. The third-order valence-electron chi connectivity index (χ3n) is 28.0. The van der Waals surface area contributed by atoms with E-state index in [1.807, 2.05) is 0 Å². The standard InChI is InChI=1S/C47H34N2.2C45H34N2/c1-48(47-43-20-8-4-14-37(43)32-38-15-5-9-21-44(38)47)39-28-24-33(25-29-39)34-26-30-40(31-27-34)49(45-22-10-16-35-12-2-6-18-41(35)45)46-23-11-17-36-13-3-7-19-42(36)46;1-46(41-19-9-18-38(32-41)33-12-3-2-4-13-33)39-28-24-34(25-29-39)35-26-30-40(31-27-35)47(44-22-10-16-36-14-5-7-20-42(36)44)45-23-11-17-37-15-6-8-21-43(37)45;1-46(39-27-21-34(22-28-39)33-11-3-2-4-12-33)40-29-23-35(24-30-40)36-25-31-41(32-26-36)47(44-19-9-15-37-13-5-7-17-42(37)44)45-20-10-16-38-14-6-8-18-43(38)45/h2-32H,1H3;2*2-32H,1H3. The first-order valence-corrected chi connectivity index (χ1v) is 49.0. The average Bonchev–Trinajstić information content (AvgIpc) is 0.781. The topological polar surface area (TPSA) is 19.4 Å². The molecule has 0 atom stereocenters. The molecule has 0 N–H and O–H groups in total. The van der Waals surface area contributed by atoms with E-state index in [-0.39, 0.29) is 0 Å². The first-order valence-electron chi connectivity index (χ1n) is 49.0. The van der Waals surface area contributed by atoms with E-state index in [1.54, 1.807) is 0 Å². The van der Waals surface area contributed by atoms with Gasteiger partial charge in [0, 0.05) is 110 Å². The smallest absolute Gasteiger partial charge is 0.0567 e. The SMILES string of the molecule is CN(c1ccc(-c2ccc(N(c3cccc4ccccc34)c3cccc4ccccc34)cc2)cc1)c1c2ccccc2cc2ccccc12.CN(c1ccc(-c2ccc(N(c3cccc4ccccc34)c3cccc4ccccc34)cc2)cc1)c1cccc(-c2ccccc2)c1.CN(c1ccc(-c2ccccc2)cc1)c1ccc(-c2ccc(N(c3cccc4ccccc34)c3cccc4ccccc34)cc2)cc1. The van der Waals surface area contributed by atoms with E-state index in [2.05, 4.69) is 615 Å². The average molecular weight is 1830 g/mol. The van der Waals surface area contributed by atoms with Gasteiger partial charge in [-0.15, -0.1) is 0 Å². The molecule has 6 heteroatoms. The molecule has 0 aromatic heterocycles. The van der Waals surface area contributed by atoms with Gasteiger partial charge in [0.2, 0.25) is 0 Å². The van der Waals surface area contributed by atoms with Crippen molar-refractivity contribution in [2.24, 2.45) is 0 Å². The quantitative estimate of drug-likeness (QED) is 0.0704. The summed E-state index contributed by atoms with van der Waals surface area (Å²) >= 11 is 0. The van der Waals surface area contributed by atoms with Crippen molar-refractivity contribution in [1.29, 1.82) is 0 Å². The van der Waals surface area contributed by atoms with Crippen molar-refractivity contribution in [2.45, 2.75) is 0 Å². The zero-order valence-corrected chi connectivity index (χ0v) is 79.9. The van der Waals surface area contributed by atoms with Gasteiger partial charge in [0.1, 0.15) is 0 Å². The molecule has 0 fully saturated rings. The molecule has 0 saturated carbocycles. The van der Waals surface area contributed by atoms with E-state index in [0.29, 0.717) is 0 Å². The Morgan fingerprint density at radius 2 is 0.294 bits per heavy atom. The number of rotatable bonds is 20. The van der Waals surface area contributed by atoms with Crippen molar-refractivity contribution in [3.63, 3.8) is 0 Å². The second kappa shape index (κ2) is 39.8. The molecule has 25 rings (SSSR count). The van der Waals surface area contributed by atoms with E-state index in [4.69, 9.17) is 0 Å². The van der Waals surface area contributed by atoms with Crippen molar-refractivity contribution in [3.8, 4) is 55.6 Å². The molecule has 0 aliphatic rings. The van der Waals surface area contributed by atoms with E-state index < -0.39 is 0 Å². The molecule has 0 amide bonds. The zero-order chi connectivity index (χ0) is 95.9. The van der Waals surface area contributed by atoms with Crippen LogP contribution in [0.2, 0.25) is 0 Å². The van der Waals surface area contributed by atoms with Gasteiger partial charge >= 0.3 is 0 Å². The number of hydrogen-bond donors (Lipinski definition) is 0. The minimum atomic E-state index is 1.12. The molecule has 0 radical (unpaired) electrons. The first kappa shape index (κ1) is 88.4. The Hall–Kier alpha value is -18.6. The lowest BCUT2D eigenvalue weighted by Gasteiger charge is -2.28. The highest BCUT2D eigenvalue weighted by Gasteiger charge is 2.24. The maximum absolute atomic E-state index is 2.40. The fraction of sp³-hybridized carbons (Fsp3) is 0.0219. The zero-order valence-electron chi connectivity index (χ0n) is 79.9. The largest absolute Gasteiger partial charge is 0.345 e. The molecule has 25 aromatic rings. The minimum absolute atomic E-state index is 1.12. The van der Waals surface area contributed by atoms with Crippen LogP contribution in [0.5, 0.6) is 0 Å². The van der Waals surface area contributed by atoms with Gasteiger partial charge in [-0.1, -0.05) is 425 Å². The summed E-state index contributed by atoms with van der Waals surface area (Å²) in [6.45, 7) is 0. The number of fused-ring (bicyclic) bond motifs is 8. The second-order valence-corrected chi connectivity index (χ2v) is 36.5. The highest BCUT2D eigenvalue weighted by atomic mass is 15.2. The summed E-state index contributed by atoms with van der Waals surface area (Å²) in [5, 5.41) is 19.7. The van der Waals surface area contributed by atoms with E-state index >= 15 is 0 Å². The molecule has 0 spiro atoms. The molecule has 0 saturated heterocycles. The Morgan fingerprint density at radius 1 is 0.112 bits per heavy atom. The molecular weight excluding hydrogens is 1730 g/mol. The Bertz CT molecular complexity index is 8540. The van der Waals surface area contributed by atoms with Gasteiger partial charge < -0.3 is 29.4 Å². The Labute approximate surface area is 835 Å². The van der Waals surface area contributed by atoms with Crippen molar-refractivity contribution in [1.82, 2.24) is 0 Å². The fourth-order valence-corrected chi connectivity index (χ4v) is 20.5. The summed E-state index contributed by atoms with van der Waals surface area (Å²) in [4.78, 5) is 14.0. The highest BCUT2D eigenvalue weighted by molar-refractivity contribution is 6.14. The lowest BCUT2D eigenvalue weighted by atomic mass is 9.99. The number of hydrogen-bond acceptors (Lipinski definition) is 6. The summed E-state index contributed by atoms with van der Waals surface area (Å²) in [5.41, 5.74) is 29.3. The third-order valence-corrected chi connectivity index (χ3v) is 28.0. The number of benzene rings is 25. The van der Waals surface area contributed by atoms with Crippen LogP contribution in [-0.4, -0.2) is 21.1 Å². The van der Waals surface area contributed by atoms with E-state index in [9.17, 15) is 0 Å². The van der Waals surface area contributed by atoms with Crippen LogP contribution in [0, 0.1) is 0 Å². The predicted molar refractivity (Wildman–Crippen MR) is 614 cm³/mol. The molecule has 25 aromatic carbocycles. The minimum Gasteiger partial charge on any atom is -0.345 e. The van der Waals surface area contributed by atoms with Gasteiger partial charge in [-0.05, 0) is 238 Å². The van der Waals surface area contributed by atoms with Crippen molar-refractivity contribution < 1.29 is 0 Å². The van der Waals surface area contributed by atoms with E-state index in [0.717, 1.165) is 79.6 Å². The fourth-order valence-electron chi connectivity index (χ4n) is 20.5. The molecule has 0 heterocycles. The molecule has 143 heavy (non-hydrogen) atoms. The molecular formula is C137H102N6. The Balaban J connectivity index is 0.000000119. The van der Waals surface area contributed by atoms with Crippen LogP contribution >= 0.6 is 0 Å². The normalized spacial score (nSPS) is 11.2. The van der Waals surface area contributed by atoms with Gasteiger partial charge in [-0.3, -0.25) is 0 Å². The van der Waals surface area contributed by atoms with Gasteiger partial charge in [-0.25, -0.2) is 0 Å². The van der Waals surface area contributed by atoms with Crippen LogP contribution in [-0.2, 0) is 0 Å². The number of nitrogens with zero attached hydrogens (tertiary/aromatic N) is 6. The lowest BCUT2D eigenvalue weighted by molar-refractivity contribution is 1.21. The summed E-state index contributed by atoms with van der Waals surface area (Å²) in [6.07, 6.45) is 0. The molecule has 0 aliphatic heterocycles. The number of anilines is 15. The molecule has 0 unspecified atom stereocenters. The predicted octanol–water partition coefficient (Wildman–Crippen LogP) is 38.3. The Kier molecular flexibility index (Phi) is 24.6. The molecule has 0 bridgehead atoms. The molecule has 680 valence electrons. The van der Waals surface area contributed by atoms with Crippen LogP contribution in [0.1, 0.15) is 0 Å². The van der Waals surface area contributed by atoms with Crippen molar-refractivity contribution >= 4 is 171 Å². The summed E-state index contributed by atoms with van der Waals surface area (Å²) in [6, 6.07) is 203.